The first-order chi connectivity index (χ1) is 6.68. The lowest BCUT2D eigenvalue weighted by atomic mass is 10.2. The van der Waals surface area contributed by atoms with Crippen LogP contribution in [0, 0.1) is 16.0 Å². The fourth-order valence-electron chi connectivity index (χ4n) is 1.78. The van der Waals surface area contributed by atoms with E-state index in [1.807, 2.05) is 0 Å². The van der Waals surface area contributed by atoms with Crippen molar-refractivity contribution in [2.75, 3.05) is 13.1 Å². The Morgan fingerprint density at radius 1 is 1.57 bits per heavy atom. The summed E-state index contributed by atoms with van der Waals surface area (Å²) in [7, 11) is 0. The van der Waals surface area contributed by atoms with Crippen LogP contribution in [0.15, 0.2) is 0 Å². The van der Waals surface area contributed by atoms with Crippen LogP contribution in [-0.4, -0.2) is 36.0 Å². The SMILES string of the molecule is O=C(NC1CCNC1)C1CC1[N+](=O)[O-]. The number of carbonyl (C=O) groups excluding carboxylic acids is 1. The van der Waals surface area contributed by atoms with E-state index in [2.05, 4.69) is 10.6 Å². The Morgan fingerprint density at radius 3 is 2.86 bits per heavy atom. The number of rotatable bonds is 3. The molecule has 2 rings (SSSR count). The number of nitrogens with one attached hydrogen (secondary N) is 2. The largest absolute Gasteiger partial charge is 0.352 e. The van der Waals surface area contributed by atoms with E-state index >= 15 is 0 Å². The van der Waals surface area contributed by atoms with E-state index in [9.17, 15) is 14.9 Å². The number of hydrogen-bond acceptors (Lipinski definition) is 4. The standard InChI is InChI=1S/C8H13N3O3/c12-8(6-3-7(6)11(13)14)10-5-1-2-9-4-5/h5-7,9H,1-4H2,(H,10,12). The number of nitrogens with zero attached hydrogens (tertiary/aromatic N) is 1. The predicted octanol–water partition coefficient (Wildman–Crippen LogP) is -0.870. The van der Waals surface area contributed by atoms with Gasteiger partial charge in [0.2, 0.25) is 11.9 Å². The summed E-state index contributed by atoms with van der Waals surface area (Å²) in [5.41, 5.74) is 0. The first kappa shape index (κ1) is 9.39. The smallest absolute Gasteiger partial charge is 0.230 e. The van der Waals surface area contributed by atoms with Gasteiger partial charge in [-0.25, -0.2) is 0 Å². The Morgan fingerprint density at radius 2 is 2.36 bits per heavy atom. The molecule has 14 heavy (non-hydrogen) atoms. The second-order valence-electron chi connectivity index (χ2n) is 3.89. The zero-order valence-corrected chi connectivity index (χ0v) is 7.73. The molecule has 78 valence electrons. The summed E-state index contributed by atoms with van der Waals surface area (Å²) >= 11 is 0. The molecule has 1 saturated heterocycles. The maximum absolute atomic E-state index is 11.4. The van der Waals surface area contributed by atoms with E-state index in [0.29, 0.717) is 6.42 Å². The summed E-state index contributed by atoms with van der Waals surface area (Å²) < 4.78 is 0. The van der Waals surface area contributed by atoms with Crippen LogP contribution in [0.1, 0.15) is 12.8 Å². The topological polar surface area (TPSA) is 84.3 Å². The van der Waals surface area contributed by atoms with Crippen molar-refractivity contribution in [3.63, 3.8) is 0 Å². The lowest BCUT2D eigenvalue weighted by molar-refractivity contribution is -0.497. The van der Waals surface area contributed by atoms with Crippen molar-refractivity contribution < 1.29 is 9.72 Å². The van der Waals surface area contributed by atoms with Gasteiger partial charge in [0.05, 0.1) is 0 Å². The molecule has 3 atom stereocenters. The second kappa shape index (κ2) is 3.53. The first-order valence-electron chi connectivity index (χ1n) is 4.83. The molecule has 0 bridgehead atoms. The van der Waals surface area contributed by atoms with Gasteiger partial charge >= 0.3 is 0 Å². The molecule has 0 spiro atoms. The summed E-state index contributed by atoms with van der Waals surface area (Å²) in [6, 6.07) is -0.472. The molecule has 6 heteroatoms. The molecular formula is C8H13N3O3. The number of hydrogen-bond donors (Lipinski definition) is 2. The molecule has 3 unspecified atom stereocenters. The lowest BCUT2D eigenvalue weighted by Crippen LogP contribution is -2.38. The van der Waals surface area contributed by atoms with E-state index in [-0.39, 0.29) is 22.8 Å². The highest BCUT2D eigenvalue weighted by Gasteiger charge is 2.53. The minimum absolute atomic E-state index is 0.152. The lowest BCUT2D eigenvalue weighted by Gasteiger charge is -2.09. The van der Waals surface area contributed by atoms with Gasteiger partial charge in [0, 0.05) is 23.9 Å². The van der Waals surface area contributed by atoms with E-state index in [1.54, 1.807) is 0 Å². The highest BCUT2D eigenvalue weighted by atomic mass is 16.6. The molecule has 2 fully saturated rings. The van der Waals surface area contributed by atoms with Crippen molar-refractivity contribution in [3.8, 4) is 0 Å². The van der Waals surface area contributed by atoms with E-state index in [1.165, 1.54) is 0 Å². The maximum Gasteiger partial charge on any atom is 0.230 e. The van der Waals surface area contributed by atoms with Crippen molar-refractivity contribution in [1.29, 1.82) is 0 Å². The minimum Gasteiger partial charge on any atom is -0.352 e. The van der Waals surface area contributed by atoms with Gasteiger partial charge in [0.25, 0.3) is 0 Å². The quantitative estimate of drug-likeness (QED) is 0.457. The van der Waals surface area contributed by atoms with Gasteiger partial charge in [0.15, 0.2) is 0 Å². The fourth-order valence-corrected chi connectivity index (χ4v) is 1.78. The number of nitro groups is 1. The zero-order chi connectivity index (χ0) is 10.1. The van der Waals surface area contributed by atoms with Gasteiger partial charge < -0.3 is 10.6 Å². The highest BCUT2D eigenvalue weighted by molar-refractivity contribution is 5.82. The van der Waals surface area contributed by atoms with E-state index in [4.69, 9.17) is 0 Å². The Balaban J connectivity index is 1.77. The Kier molecular flexibility index (Phi) is 2.37. The van der Waals surface area contributed by atoms with Gasteiger partial charge in [-0.15, -0.1) is 0 Å². The summed E-state index contributed by atoms with van der Waals surface area (Å²) in [5, 5.41) is 16.3. The van der Waals surface area contributed by atoms with Crippen LogP contribution in [0.5, 0.6) is 0 Å². The third-order valence-electron chi connectivity index (χ3n) is 2.77. The van der Waals surface area contributed by atoms with Gasteiger partial charge in [-0.3, -0.25) is 14.9 Å². The summed E-state index contributed by atoms with van der Waals surface area (Å²) in [5.74, 6) is -0.536. The zero-order valence-electron chi connectivity index (χ0n) is 7.73. The van der Waals surface area contributed by atoms with E-state index in [0.717, 1.165) is 19.5 Å². The van der Waals surface area contributed by atoms with Crippen LogP contribution >= 0.6 is 0 Å². The molecule has 6 nitrogen and oxygen atoms in total. The van der Waals surface area contributed by atoms with Crippen LogP contribution in [0.4, 0.5) is 0 Å². The molecule has 1 heterocycles. The van der Waals surface area contributed by atoms with Crippen molar-refractivity contribution in [3.05, 3.63) is 10.1 Å². The molecule has 0 aromatic carbocycles. The number of carbonyl (C=O) groups is 1. The summed E-state index contributed by atoms with van der Waals surface area (Å²) in [6.07, 6.45) is 1.32. The molecule has 0 aromatic heterocycles. The Bertz CT molecular complexity index is 263. The molecule has 1 amide bonds. The molecule has 2 N–H and O–H groups in total. The second-order valence-corrected chi connectivity index (χ2v) is 3.89. The predicted molar refractivity (Wildman–Crippen MR) is 48.3 cm³/mol. The Labute approximate surface area is 81.2 Å². The highest BCUT2D eigenvalue weighted by Crippen LogP contribution is 2.33. The Hall–Kier alpha value is -1.17. The third-order valence-corrected chi connectivity index (χ3v) is 2.77. The van der Waals surface area contributed by atoms with Crippen LogP contribution < -0.4 is 10.6 Å². The van der Waals surface area contributed by atoms with Gasteiger partial charge in [-0.1, -0.05) is 0 Å². The van der Waals surface area contributed by atoms with Gasteiger partial charge in [0.1, 0.15) is 5.92 Å². The first-order valence-corrected chi connectivity index (χ1v) is 4.83. The number of amides is 1. The molecule has 1 aliphatic heterocycles. The molecule has 2 aliphatic rings. The molecule has 0 radical (unpaired) electrons. The van der Waals surface area contributed by atoms with Crippen molar-refractivity contribution >= 4 is 5.91 Å². The average Bonchev–Trinajstić information content (AvgIpc) is 2.80. The van der Waals surface area contributed by atoms with Crippen LogP contribution in [0.25, 0.3) is 0 Å². The third kappa shape index (κ3) is 1.84. The van der Waals surface area contributed by atoms with Gasteiger partial charge in [-0.2, -0.15) is 0 Å². The average molecular weight is 199 g/mol. The maximum atomic E-state index is 11.4. The van der Waals surface area contributed by atoms with Gasteiger partial charge in [-0.05, 0) is 13.0 Å². The summed E-state index contributed by atoms with van der Waals surface area (Å²) in [4.78, 5) is 21.4. The van der Waals surface area contributed by atoms with E-state index < -0.39 is 6.04 Å². The van der Waals surface area contributed by atoms with Crippen molar-refractivity contribution in [2.45, 2.75) is 24.9 Å². The molecule has 1 aliphatic carbocycles. The molecular weight excluding hydrogens is 186 g/mol. The monoisotopic (exact) mass is 199 g/mol. The summed E-state index contributed by atoms with van der Waals surface area (Å²) in [6.45, 7) is 1.69. The molecule has 1 saturated carbocycles. The van der Waals surface area contributed by atoms with Crippen molar-refractivity contribution in [2.24, 2.45) is 5.92 Å². The van der Waals surface area contributed by atoms with Crippen LogP contribution in [0.2, 0.25) is 0 Å². The minimum atomic E-state index is -0.635. The van der Waals surface area contributed by atoms with Crippen molar-refractivity contribution in [1.82, 2.24) is 10.6 Å². The fraction of sp³-hybridized carbons (Fsp3) is 0.875. The van der Waals surface area contributed by atoms with Crippen LogP contribution in [0.3, 0.4) is 0 Å². The van der Waals surface area contributed by atoms with Crippen LogP contribution in [-0.2, 0) is 4.79 Å². The molecule has 0 aromatic rings. The normalized spacial score (nSPS) is 35.3.